The predicted molar refractivity (Wildman–Crippen MR) is 77.4 cm³/mol. The lowest BCUT2D eigenvalue weighted by molar-refractivity contribution is -0.129. The molecule has 1 aromatic carbocycles. The number of hydrogen-bond donors (Lipinski definition) is 0. The fraction of sp³-hybridized carbons (Fsp3) is 0.385. The summed E-state index contributed by atoms with van der Waals surface area (Å²) in [7, 11) is -3.64. The third-order valence-electron chi connectivity index (χ3n) is 3.20. The van der Waals surface area contributed by atoms with Gasteiger partial charge in [-0.2, -0.15) is 8.42 Å². The Morgan fingerprint density at radius 1 is 1.25 bits per heavy atom. The van der Waals surface area contributed by atoms with Gasteiger partial charge in [0.2, 0.25) is 5.91 Å². The lowest BCUT2D eigenvalue weighted by Gasteiger charge is -2.27. The molecular weight excluding hydrogens is 278 g/mol. The Balaban J connectivity index is 2.30. The van der Waals surface area contributed by atoms with Crippen LogP contribution in [0.2, 0.25) is 0 Å². The first-order valence-corrected chi connectivity index (χ1v) is 7.87. The third kappa shape index (κ3) is 2.67. The van der Waals surface area contributed by atoms with Crippen LogP contribution in [0.3, 0.4) is 0 Å². The molecule has 0 aliphatic carbocycles. The highest BCUT2D eigenvalue weighted by molar-refractivity contribution is 7.90. The molecule has 7 heteroatoms. The van der Waals surface area contributed by atoms with Crippen LogP contribution in [0.25, 0.3) is 0 Å². The van der Waals surface area contributed by atoms with Gasteiger partial charge < -0.3 is 9.80 Å². The fourth-order valence-corrected chi connectivity index (χ4v) is 3.15. The van der Waals surface area contributed by atoms with Gasteiger partial charge in [-0.15, -0.1) is 4.40 Å². The van der Waals surface area contributed by atoms with Crippen molar-refractivity contribution in [2.75, 3.05) is 24.5 Å². The van der Waals surface area contributed by atoms with E-state index in [1.165, 1.54) is 12.4 Å². The van der Waals surface area contributed by atoms with E-state index < -0.39 is 10.0 Å². The number of hydrogen-bond acceptors (Lipinski definition) is 4. The Hall–Kier alpha value is -1.89. The zero-order valence-electron chi connectivity index (χ0n) is 11.5. The number of nitrogens with zero attached hydrogens (tertiary/aromatic N) is 3. The molecule has 2 rings (SSSR count). The molecule has 0 saturated carbocycles. The van der Waals surface area contributed by atoms with Crippen molar-refractivity contribution in [3.8, 4) is 0 Å². The molecule has 20 heavy (non-hydrogen) atoms. The number of fused-ring (bicyclic) bond motifs is 1. The minimum Gasteiger partial charge on any atom is -0.342 e. The molecule has 1 aromatic rings. The number of sulfonamides is 1. The van der Waals surface area contributed by atoms with Gasteiger partial charge in [-0.1, -0.05) is 12.1 Å². The topological polar surface area (TPSA) is 70.1 Å². The summed E-state index contributed by atoms with van der Waals surface area (Å²) in [5, 5.41) is 0. The zero-order valence-corrected chi connectivity index (χ0v) is 12.3. The van der Waals surface area contributed by atoms with Crippen molar-refractivity contribution in [2.45, 2.75) is 18.7 Å². The monoisotopic (exact) mass is 295 g/mol. The molecule has 1 heterocycles. The smallest absolute Gasteiger partial charge is 0.285 e. The van der Waals surface area contributed by atoms with E-state index in [1.807, 2.05) is 13.8 Å². The average Bonchev–Trinajstić information content (AvgIpc) is 2.44. The van der Waals surface area contributed by atoms with Crippen LogP contribution in [0.4, 0.5) is 5.69 Å². The van der Waals surface area contributed by atoms with Crippen molar-refractivity contribution < 1.29 is 13.2 Å². The molecule has 0 saturated heterocycles. The van der Waals surface area contributed by atoms with Crippen LogP contribution in [0.15, 0.2) is 33.6 Å². The first kappa shape index (κ1) is 14.5. The second-order valence-electron chi connectivity index (χ2n) is 4.36. The number of para-hydroxylation sites is 1. The van der Waals surface area contributed by atoms with E-state index in [9.17, 15) is 13.2 Å². The van der Waals surface area contributed by atoms with Crippen molar-refractivity contribution >= 4 is 28.0 Å². The van der Waals surface area contributed by atoms with Crippen LogP contribution in [0, 0.1) is 0 Å². The summed E-state index contributed by atoms with van der Waals surface area (Å²) in [6.45, 7) is 5.15. The van der Waals surface area contributed by atoms with E-state index in [0.717, 1.165) is 0 Å². The van der Waals surface area contributed by atoms with E-state index in [0.29, 0.717) is 18.8 Å². The van der Waals surface area contributed by atoms with Gasteiger partial charge in [0.15, 0.2) is 0 Å². The molecule has 0 unspecified atom stereocenters. The van der Waals surface area contributed by atoms with Crippen molar-refractivity contribution in [3.05, 3.63) is 24.3 Å². The Morgan fingerprint density at radius 2 is 1.90 bits per heavy atom. The highest BCUT2D eigenvalue weighted by Crippen LogP contribution is 2.28. The summed E-state index contributed by atoms with van der Waals surface area (Å²) in [5.74, 6) is -0.0597. The number of amides is 1. The average molecular weight is 295 g/mol. The van der Waals surface area contributed by atoms with Gasteiger partial charge in [-0.05, 0) is 26.0 Å². The van der Waals surface area contributed by atoms with Crippen LogP contribution < -0.4 is 4.90 Å². The molecule has 1 aliphatic rings. The number of carbonyl (C=O) groups excluding carboxylic acids is 1. The third-order valence-corrected chi connectivity index (χ3v) is 4.47. The van der Waals surface area contributed by atoms with Gasteiger partial charge in [0, 0.05) is 13.1 Å². The minimum atomic E-state index is -3.64. The van der Waals surface area contributed by atoms with E-state index in [2.05, 4.69) is 4.40 Å². The van der Waals surface area contributed by atoms with Crippen LogP contribution in [0.1, 0.15) is 13.8 Å². The predicted octanol–water partition coefficient (Wildman–Crippen LogP) is 1.09. The Bertz CT molecular complexity index is 636. The normalized spacial score (nSPS) is 15.8. The summed E-state index contributed by atoms with van der Waals surface area (Å²) in [4.78, 5) is 15.5. The molecule has 6 nitrogen and oxygen atoms in total. The molecule has 0 N–H and O–H groups in total. The molecule has 0 fully saturated rings. The minimum absolute atomic E-state index is 0.0597. The summed E-state index contributed by atoms with van der Waals surface area (Å²) in [6, 6.07) is 6.55. The van der Waals surface area contributed by atoms with Gasteiger partial charge in [0.05, 0.1) is 5.69 Å². The molecule has 108 valence electrons. The SMILES string of the molecule is CCN(CC)C(=O)CN1C=NS(=O)(=O)c2ccccc21. The first-order valence-electron chi connectivity index (χ1n) is 6.43. The fourth-order valence-electron chi connectivity index (χ4n) is 2.10. The van der Waals surface area contributed by atoms with Gasteiger partial charge in [-0.3, -0.25) is 4.79 Å². The first-order chi connectivity index (χ1) is 9.49. The maximum absolute atomic E-state index is 12.1. The van der Waals surface area contributed by atoms with E-state index in [4.69, 9.17) is 0 Å². The Labute approximate surface area is 118 Å². The zero-order chi connectivity index (χ0) is 14.8. The molecule has 1 amide bonds. The summed E-state index contributed by atoms with van der Waals surface area (Å²) < 4.78 is 27.2. The Morgan fingerprint density at radius 3 is 2.55 bits per heavy atom. The second-order valence-corrected chi connectivity index (χ2v) is 5.96. The van der Waals surface area contributed by atoms with Crippen LogP contribution in [-0.2, 0) is 14.8 Å². The molecule has 0 atom stereocenters. The molecule has 0 radical (unpaired) electrons. The number of carbonyl (C=O) groups is 1. The lowest BCUT2D eigenvalue weighted by Crippen LogP contribution is -2.41. The van der Waals surface area contributed by atoms with Gasteiger partial charge in [-0.25, -0.2) is 0 Å². The quantitative estimate of drug-likeness (QED) is 0.834. The van der Waals surface area contributed by atoms with Crippen LogP contribution in [0.5, 0.6) is 0 Å². The molecular formula is C13H17N3O3S. The van der Waals surface area contributed by atoms with Gasteiger partial charge >= 0.3 is 0 Å². The lowest BCUT2D eigenvalue weighted by atomic mass is 10.3. The number of benzene rings is 1. The summed E-state index contributed by atoms with van der Waals surface area (Å²) in [6.07, 6.45) is 1.21. The number of anilines is 1. The summed E-state index contributed by atoms with van der Waals surface area (Å²) in [5.41, 5.74) is 0.489. The van der Waals surface area contributed by atoms with Crippen molar-refractivity contribution in [1.82, 2.24) is 4.90 Å². The molecule has 0 aromatic heterocycles. The van der Waals surface area contributed by atoms with Gasteiger partial charge in [0.25, 0.3) is 10.0 Å². The number of rotatable bonds is 4. The molecule has 0 spiro atoms. The molecule has 1 aliphatic heterocycles. The highest BCUT2D eigenvalue weighted by atomic mass is 32.2. The largest absolute Gasteiger partial charge is 0.342 e. The van der Waals surface area contributed by atoms with Crippen LogP contribution in [-0.4, -0.2) is 45.2 Å². The van der Waals surface area contributed by atoms with Crippen LogP contribution >= 0.6 is 0 Å². The van der Waals surface area contributed by atoms with E-state index in [1.54, 1.807) is 28.0 Å². The second kappa shape index (κ2) is 5.62. The summed E-state index contributed by atoms with van der Waals surface area (Å²) >= 11 is 0. The molecule has 0 bridgehead atoms. The van der Waals surface area contributed by atoms with Crippen molar-refractivity contribution in [2.24, 2.45) is 4.40 Å². The number of likely N-dealkylation sites (N-methyl/N-ethyl adjacent to an activating group) is 1. The maximum Gasteiger partial charge on any atom is 0.285 e. The van der Waals surface area contributed by atoms with Crippen molar-refractivity contribution in [3.63, 3.8) is 0 Å². The standard InChI is InChI=1S/C13H17N3O3S/c1-3-15(4-2)13(17)9-16-10-14-20(18,19)12-8-6-5-7-11(12)16/h5-8,10H,3-4,9H2,1-2H3. The van der Waals surface area contributed by atoms with Crippen molar-refractivity contribution in [1.29, 1.82) is 0 Å². The highest BCUT2D eigenvalue weighted by Gasteiger charge is 2.26. The van der Waals surface area contributed by atoms with Gasteiger partial charge in [0.1, 0.15) is 17.8 Å². The van der Waals surface area contributed by atoms with E-state index in [-0.39, 0.29) is 17.3 Å². The maximum atomic E-state index is 12.1. The van der Waals surface area contributed by atoms with E-state index >= 15 is 0 Å². The Kier molecular flexibility index (Phi) is 4.08.